The van der Waals surface area contributed by atoms with Gasteiger partial charge in [0.05, 0.1) is 13.2 Å². The third-order valence-corrected chi connectivity index (χ3v) is 0.421. The van der Waals surface area contributed by atoms with Crippen LogP contribution in [0.3, 0.4) is 0 Å². The summed E-state index contributed by atoms with van der Waals surface area (Å²) >= 11 is 0. The molecule has 0 saturated carbocycles. The fourth-order valence-corrected chi connectivity index (χ4v) is 0.0577. The average Bonchev–Trinajstić information content (AvgIpc) is 1.65. The maximum atomic E-state index is 8.17. The predicted octanol–water partition coefficient (Wildman–Crippen LogP) is -13.5. The summed E-state index contributed by atoms with van der Waals surface area (Å²) in [7, 11) is 0. The Morgan fingerprint density at radius 1 is 1.00 bits per heavy atom. The van der Waals surface area contributed by atoms with Gasteiger partial charge in [0.2, 0.25) is 0 Å². The van der Waals surface area contributed by atoms with Crippen LogP contribution >= 0.6 is 0 Å². The fourth-order valence-electron chi connectivity index (χ4n) is 0.0577. The first-order valence-corrected chi connectivity index (χ1v) is 1.71. The maximum Gasteiger partial charge on any atom is 2.00 e. The van der Waals surface area contributed by atoms with E-state index in [-0.39, 0.29) is 139 Å². The van der Waals surface area contributed by atoms with Crippen molar-refractivity contribution in [3.8, 4) is 0 Å². The number of rotatable bonds is 2. The first kappa shape index (κ1) is 45.2. The molecule has 0 aliphatic carbocycles. The van der Waals surface area contributed by atoms with Crippen molar-refractivity contribution in [1.29, 1.82) is 0 Å². The summed E-state index contributed by atoms with van der Waals surface area (Å²) in [5.74, 6) is 0. The maximum absolute atomic E-state index is 8.17. The molecule has 0 heterocycles. The summed E-state index contributed by atoms with van der Waals surface area (Å²) in [6.45, 7) is -0.729. The minimum Gasteiger partial charge on any atom is -1.00 e. The van der Waals surface area contributed by atoms with Crippen molar-refractivity contribution < 1.29 is 135 Å². The topological polar surface area (TPSA) is 95.7 Å². The Bertz CT molecular complexity index is 50.7. The second-order valence-corrected chi connectivity index (χ2v) is 1.02. The molecule has 0 fully saturated rings. The van der Waals surface area contributed by atoms with Crippen LogP contribution in [-0.2, 0) is 19.5 Å². The van der Waals surface area contributed by atoms with Gasteiger partial charge in [0.25, 0.3) is 0 Å². The van der Waals surface area contributed by atoms with Gasteiger partial charge in [0.1, 0.15) is 6.10 Å². The van der Waals surface area contributed by atoms with E-state index in [0.29, 0.717) is 0 Å². The Labute approximate surface area is 157 Å². The molecule has 0 spiro atoms. The molecule has 0 aromatic rings. The number of halogens is 3. The molecule has 0 saturated heterocycles. The standard InChI is InChI=1S/C3H8O3.2ClH.HI.K.H3N.Zn/c4-1-3(6)2-5;;;;;;/h3-6H,1-2H2;3*1H;;1H3;/q;;;;+1;;+2/p-3. The molecule has 0 radical (unpaired) electrons. The molecule has 0 aliphatic heterocycles. The van der Waals surface area contributed by atoms with Crippen molar-refractivity contribution in [2.75, 3.05) is 13.2 Å². The van der Waals surface area contributed by atoms with E-state index in [1.807, 2.05) is 0 Å². The Morgan fingerprint density at radius 2 is 1.17 bits per heavy atom. The van der Waals surface area contributed by atoms with E-state index in [1.54, 1.807) is 0 Å². The molecule has 6 N–H and O–H groups in total. The summed E-state index contributed by atoms with van der Waals surface area (Å²) < 4.78 is 0. The zero-order valence-electron chi connectivity index (χ0n) is 6.88. The van der Waals surface area contributed by atoms with Gasteiger partial charge in [-0.15, -0.1) is 0 Å². The first-order chi connectivity index (χ1) is 2.81. The molecule has 12 heavy (non-hydrogen) atoms. The van der Waals surface area contributed by atoms with E-state index in [4.69, 9.17) is 15.3 Å². The second-order valence-electron chi connectivity index (χ2n) is 1.02. The fraction of sp³-hybridized carbons (Fsp3) is 1.00. The Morgan fingerprint density at radius 3 is 1.17 bits per heavy atom. The van der Waals surface area contributed by atoms with Gasteiger partial charge in [0, 0.05) is 0 Å². The minimum atomic E-state index is -0.954. The largest absolute Gasteiger partial charge is 2.00 e. The van der Waals surface area contributed by atoms with Crippen LogP contribution in [0.25, 0.3) is 0 Å². The zero-order chi connectivity index (χ0) is 4.99. The smallest absolute Gasteiger partial charge is 1.00 e. The number of aliphatic hydroxyl groups is 3. The van der Waals surface area contributed by atoms with Crippen LogP contribution in [0.4, 0.5) is 0 Å². The monoisotopic (exact) mass is 409 g/mol. The number of aliphatic hydroxyl groups excluding tert-OH is 3. The van der Waals surface area contributed by atoms with Gasteiger partial charge in [-0.1, -0.05) is 0 Å². The average molecular weight is 411 g/mol. The normalized spacial score (nSPS) is 5.00. The third-order valence-electron chi connectivity index (χ3n) is 0.421. The molecule has 0 aromatic carbocycles. The zero-order valence-corrected chi connectivity index (χ0v) is 16.6. The van der Waals surface area contributed by atoms with E-state index >= 15 is 0 Å². The van der Waals surface area contributed by atoms with Gasteiger partial charge in [-0.3, -0.25) is 0 Å². The molecule has 70 valence electrons. The van der Waals surface area contributed by atoms with E-state index in [2.05, 4.69) is 0 Å². The van der Waals surface area contributed by atoms with Crippen molar-refractivity contribution in [2.45, 2.75) is 6.10 Å². The molecule has 0 bridgehead atoms. The van der Waals surface area contributed by atoms with Crippen LogP contribution in [0.5, 0.6) is 0 Å². The van der Waals surface area contributed by atoms with Crippen LogP contribution in [0, 0.1) is 0 Å². The molecule has 0 amide bonds. The Balaban J connectivity index is -0.00000000833. The molecular formula is C3H11Cl2IKNO3Zn. The van der Waals surface area contributed by atoms with E-state index < -0.39 is 6.10 Å². The molecular weight excluding hydrogens is 400 g/mol. The van der Waals surface area contributed by atoms with Crippen LogP contribution in [0.2, 0.25) is 0 Å². The summed E-state index contributed by atoms with van der Waals surface area (Å²) in [6.07, 6.45) is -0.954. The van der Waals surface area contributed by atoms with Gasteiger partial charge in [-0.25, -0.2) is 0 Å². The third kappa shape index (κ3) is 37.6. The SMILES string of the molecule is N.OCC(O)CO.[Cl-].[Cl-].[I-].[K+].[Zn+2]. The minimum absolute atomic E-state index is 0. The first-order valence-electron chi connectivity index (χ1n) is 1.71. The molecule has 0 aromatic heterocycles. The van der Waals surface area contributed by atoms with E-state index in [1.165, 1.54) is 0 Å². The van der Waals surface area contributed by atoms with Gasteiger partial charge in [0.15, 0.2) is 0 Å². The van der Waals surface area contributed by atoms with E-state index in [0.717, 1.165) is 0 Å². The number of hydrogen-bond donors (Lipinski definition) is 4. The summed E-state index contributed by atoms with van der Waals surface area (Å²) in [5.41, 5.74) is 0. The van der Waals surface area contributed by atoms with Crippen molar-refractivity contribution in [3.63, 3.8) is 0 Å². The molecule has 0 aliphatic rings. The Hall–Kier alpha value is 3.41. The van der Waals surface area contributed by atoms with Crippen LogP contribution in [0.15, 0.2) is 0 Å². The molecule has 4 nitrogen and oxygen atoms in total. The van der Waals surface area contributed by atoms with Crippen molar-refractivity contribution in [3.05, 3.63) is 0 Å². The van der Waals surface area contributed by atoms with Crippen LogP contribution < -0.4 is 106 Å². The van der Waals surface area contributed by atoms with Crippen molar-refractivity contribution in [1.82, 2.24) is 6.15 Å². The van der Waals surface area contributed by atoms with Crippen molar-refractivity contribution in [2.24, 2.45) is 0 Å². The second kappa shape index (κ2) is 36.6. The summed E-state index contributed by atoms with van der Waals surface area (Å²) in [4.78, 5) is 0. The molecule has 0 atom stereocenters. The summed E-state index contributed by atoms with van der Waals surface area (Å²) in [6, 6.07) is 0. The van der Waals surface area contributed by atoms with Gasteiger partial charge in [-0.2, -0.15) is 0 Å². The predicted molar refractivity (Wildman–Crippen MR) is 25.2 cm³/mol. The van der Waals surface area contributed by atoms with E-state index in [9.17, 15) is 0 Å². The van der Waals surface area contributed by atoms with Crippen LogP contribution in [0.1, 0.15) is 0 Å². The molecule has 0 unspecified atom stereocenters. The Kier molecular flexibility index (Phi) is 138. The number of hydrogen-bond acceptors (Lipinski definition) is 4. The van der Waals surface area contributed by atoms with Gasteiger partial charge >= 0.3 is 70.9 Å². The van der Waals surface area contributed by atoms with Crippen molar-refractivity contribution >= 4 is 0 Å². The molecule has 9 heteroatoms. The van der Waals surface area contributed by atoms with Gasteiger partial charge in [-0.05, 0) is 0 Å². The summed E-state index contributed by atoms with van der Waals surface area (Å²) in [5, 5.41) is 24.0. The van der Waals surface area contributed by atoms with Gasteiger partial charge < -0.3 is 70.3 Å². The molecule has 0 rings (SSSR count). The quantitative estimate of drug-likeness (QED) is 0.268. The van der Waals surface area contributed by atoms with Crippen LogP contribution in [-0.4, -0.2) is 34.6 Å².